The standard InChI is InChI=1S/C16H13N/c17-14-9-7-12-5-4-10-2-1-3-11-6-8-13(14)16(12)15(10)11/h1,3-4,6-9H,2,5,17H2. The molecule has 4 rings (SSSR count). The number of rotatable bonds is 0. The lowest BCUT2D eigenvalue weighted by atomic mass is 9.81. The van der Waals surface area contributed by atoms with Crippen LogP contribution in [-0.2, 0) is 6.42 Å². The van der Waals surface area contributed by atoms with Crippen LogP contribution in [-0.4, -0.2) is 0 Å². The maximum absolute atomic E-state index is 6.09. The predicted molar refractivity (Wildman–Crippen MR) is 73.7 cm³/mol. The summed E-state index contributed by atoms with van der Waals surface area (Å²) in [5, 5.41) is 2.59. The zero-order valence-corrected chi connectivity index (χ0v) is 9.53. The van der Waals surface area contributed by atoms with E-state index in [1.54, 1.807) is 0 Å². The maximum Gasteiger partial charge on any atom is 0.0394 e. The Hall–Kier alpha value is -2.02. The molecule has 2 N–H and O–H groups in total. The van der Waals surface area contributed by atoms with Crippen molar-refractivity contribution in [3.63, 3.8) is 0 Å². The third kappa shape index (κ3) is 1.09. The largest absolute Gasteiger partial charge is 0.398 e. The number of hydrogen-bond acceptors (Lipinski definition) is 1. The van der Waals surface area contributed by atoms with Gasteiger partial charge in [-0.1, -0.05) is 36.4 Å². The van der Waals surface area contributed by atoms with Crippen molar-refractivity contribution in [1.82, 2.24) is 0 Å². The van der Waals surface area contributed by atoms with Gasteiger partial charge in [0.05, 0.1) is 0 Å². The van der Waals surface area contributed by atoms with Crippen molar-refractivity contribution in [2.24, 2.45) is 0 Å². The van der Waals surface area contributed by atoms with Crippen LogP contribution in [0.25, 0.3) is 22.4 Å². The summed E-state index contributed by atoms with van der Waals surface area (Å²) in [7, 11) is 0. The molecule has 0 saturated heterocycles. The van der Waals surface area contributed by atoms with Gasteiger partial charge in [0.25, 0.3) is 0 Å². The van der Waals surface area contributed by atoms with E-state index in [1.165, 1.54) is 33.0 Å². The Morgan fingerprint density at radius 3 is 2.88 bits per heavy atom. The number of hydrogen-bond donors (Lipinski definition) is 1. The Morgan fingerprint density at radius 2 is 1.94 bits per heavy atom. The molecule has 0 radical (unpaired) electrons. The molecule has 0 bridgehead atoms. The fraction of sp³-hybridized carbons (Fsp3) is 0.125. The van der Waals surface area contributed by atoms with Crippen molar-refractivity contribution in [3.05, 3.63) is 53.1 Å². The van der Waals surface area contributed by atoms with E-state index in [-0.39, 0.29) is 0 Å². The summed E-state index contributed by atoms with van der Waals surface area (Å²) in [5.41, 5.74) is 12.6. The van der Waals surface area contributed by atoms with E-state index in [1.807, 2.05) is 6.07 Å². The average molecular weight is 219 g/mol. The summed E-state index contributed by atoms with van der Waals surface area (Å²) >= 11 is 0. The number of benzene rings is 2. The zero-order valence-electron chi connectivity index (χ0n) is 9.53. The molecule has 0 atom stereocenters. The molecule has 17 heavy (non-hydrogen) atoms. The summed E-state index contributed by atoms with van der Waals surface area (Å²) in [6.45, 7) is 0. The number of nitrogens with two attached hydrogens (primary N) is 1. The Kier molecular flexibility index (Phi) is 1.60. The molecule has 0 unspecified atom stereocenters. The van der Waals surface area contributed by atoms with Crippen LogP contribution in [0.1, 0.15) is 23.1 Å². The molecule has 0 aliphatic heterocycles. The molecule has 0 aromatic heterocycles. The molecular formula is C16H13N. The third-order valence-electron chi connectivity index (χ3n) is 3.86. The summed E-state index contributed by atoms with van der Waals surface area (Å²) in [5.74, 6) is 0. The Labute approximate surface area is 100 Å². The lowest BCUT2D eigenvalue weighted by molar-refractivity contribution is 1.23. The summed E-state index contributed by atoms with van der Waals surface area (Å²) < 4.78 is 0. The van der Waals surface area contributed by atoms with Gasteiger partial charge < -0.3 is 5.73 Å². The van der Waals surface area contributed by atoms with Crippen molar-refractivity contribution in [2.45, 2.75) is 12.8 Å². The monoisotopic (exact) mass is 219 g/mol. The second-order valence-electron chi connectivity index (χ2n) is 4.81. The molecule has 2 aromatic carbocycles. The molecule has 0 heterocycles. The van der Waals surface area contributed by atoms with Crippen LogP contribution < -0.4 is 5.73 Å². The van der Waals surface area contributed by atoms with Gasteiger partial charge in [0.2, 0.25) is 0 Å². The van der Waals surface area contributed by atoms with Crippen LogP contribution in [0.3, 0.4) is 0 Å². The smallest absolute Gasteiger partial charge is 0.0394 e. The average Bonchev–Trinajstić information content (AvgIpc) is 2.38. The zero-order chi connectivity index (χ0) is 11.4. The molecule has 2 aliphatic carbocycles. The third-order valence-corrected chi connectivity index (χ3v) is 3.86. The minimum absolute atomic E-state index is 0.891. The summed E-state index contributed by atoms with van der Waals surface area (Å²) in [6, 6.07) is 8.54. The van der Waals surface area contributed by atoms with Crippen molar-refractivity contribution >= 4 is 28.1 Å². The fourth-order valence-electron chi connectivity index (χ4n) is 3.04. The van der Waals surface area contributed by atoms with Gasteiger partial charge in [0.1, 0.15) is 0 Å². The molecule has 0 fully saturated rings. The van der Waals surface area contributed by atoms with Crippen LogP contribution in [0, 0.1) is 0 Å². The first kappa shape index (κ1) is 9.06. The molecule has 2 aromatic rings. The predicted octanol–water partition coefficient (Wildman–Crippen LogP) is 3.78. The number of allylic oxidation sites excluding steroid dienone is 3. The highest BCUT2D eigenvalue weighted by Crippen LogP contribution is 2.41. The first-order valence-electron chi connectivity index (χ1n) is 6.04. The highest BCUT2D eigenvalue weighted by molar-refractivity contribution is 6.06. The second kappa shape index (κ2) is 3.01. The van der Waals surface area contributed by atoms with Gasteiger partial charge in [-0.25, -0.2) is 0 Å². The van der Waals surface area contributed by atoms with Crippen molar-refractivity contribution in [2.75, 3.05) is 5.73 Å². The van der Waals surface area contributed by atoms with E-state index in [2.05, 4.69) is 36.4 Å². The molecule has 0 spiro atoms. The van der Waals surface area contributed by atoms with E-state index >= 15 is 0 Å². The van der Waals surface area contributed by atoms with Crippen LogP contribution in [0.5, 0.6) is 0 Å². The minimum Gasteiger partial charge on any atom is -0.398 e. The van der Waals surface area contributed by atoms with Crippen LogP contribution >= 0.6 is 0 Å². The first-order valence-corrected chi connectivity index (χ1v) is 6.04. The molecule has 82 valence electrons. The van der Waals surface area contributed by atoms with Gasteiger partial charge in [-0.15, -0.1) is 0 Å². The van der Waals surface area contributed by atoms with Gasteiger partial charge >= 0.3 is 0 Å². The number of anilines is 1. The first-order chi connectivity index (χ1) is 8.34. The highest BCUT2D eigenvalue weighted by Gasteiger charge is 2.19. The van der Waals surface area contributed by atoms with Gasteiger partial charge in [-0.05, 0) is 46.6 Å². The molecule has 1 heteroatoms. The number of nitrogen functional groups attached to an aromatic ring is 1. The molecule has 2 aliphatic rings. The van der Waals surface area contributed by atoms with E-state index in [0.717, 1.165) is 18.5 Å². The van der Waals surface area contributed by atoms with Crippen LogP contribution in [0.15, 0.2) is 36.4 Å². The topological polar surface area (TPSA) is 26.0 Å². The Bertz CT molecular complexity index is 705. The van der Waals surface area contributed by atoms with Gasteiger partial charge in [0.15, 0.2) is 0 Å². The lowest BCUT2D eigenvalue weighted by Crippen LogP contribution is -2.04. The lowest BCUT2D eigenvalue weighted by Gasteiger charge is -2.23. The Balaban J connectivity index is 2.27. The van der Waals surface area contributed by atoms with Crippen LogP contribution in [0.4, 0.5) is 5.69 Å². The van der Waals surface area contributed by atoms with Crippen molar-refractivity contribution in [3.8, 4) is 0 Å². The van der Waals surface area contributed by atoms with Gasteiger partial charge in [0, 0.05) is 11.1 Å². The van der Waals surface area contributed by atoms with Gasteiger partial charge in [-0.2, -0.15) is 0 Å². The second-order valence-corrected chi connectivity index (χ2v) is 4.81. The van der Waals surface area contributed by atoms with E-state index < -0.39 is 0 Å². The molecule has 0 saturated carbocycles. The van der Waals surface area contributed by atoms with Gasteiger partial charge in [-0.3, -0.25) is 0 Å². The van der Waals surface area contributed by atoms with Crippen molar-refractivity contribution < 1.29 is 0 Å². The van der Waals surface area contributed by atoms with E-state index in [4.69, 9.17) is 5.73 Å². The minimum atomic E-state index is 0.891. The molecule has 1 nitrogen and oxygen atoms in total. The SMILES string of the molecule is Nc1ccc2c3c4c(ccc13)C=CCC4=CC2. The molecular weight excluding hydrogens is 206 g/mol. The van der Waals surface area contributed by atoms with Crippen LogP contribution in [0.2, 0.25) is 0 Å². The summed E-state index contributed by atoms with van der Waals surface area (Å²) in [4.78, 5) is 0. The summed E-state index contributed by atoms with van der Waals surface area (Å²) in [6.07, 6.45) is 8.93. The quantitative estimate of drug-likeness (QED) is 0.670. The Morgan fingerprint density at radius 1 is 1.00 bits per heavy atom. The maximum atomic E-state index is 6.09. The normalized spacial score (nSPS) is 16.1. The highest BCUT2D eigenvalue weighted by atomic mass is 14.6. The molecule has 0 amide bonds. The van der Waals surface area contributed by atoms with Crippen molar-refractivity contribution in [1.29, 1.82) is 0 Å². The van der Waals surface area contributed by atoms with E-state index in [9.17, 15) is 0 Å². The van der Waals surface area contributed by atoms with E-state index in [0.29, 0.717) is 0 Å². The fourth-order valence-corrected chi connectivity index (χ4v) is 3.04.